The standard InChI is InChI=1S/C8H17NO.C7H15NO/c1-9-5-3-8(4-6-9)7-10-2;1-8-4-3-7(5-8)6-9-2/h8H,3-7H2,1-2H3;7H,3-6H2,1-2H3. The van der Waals surface area contributed by atoms with Crippen molar-refractivity contribution in [3.63, 3.8) is 0 Å². The number of ether oxygens (including phenoxy) is 2. The van der Waals surface area contributed by atoms with Crippen LogP contribution in [0.1, 0.15) is 19.3 Å². The molecule has 0 saturated carbocycles. The number of likely N-dealkylation sites (tertiary alicyclic amines) is 2. The average Bonchev–Trinajstić information content (AvgIpc) is 2.80. The predicted octanol–water partition coefficient (Wildman–Crippen LogP) is 1.56. The molecule has 2 aliphatic heterocycles. The van der Waals surface area contributed by atoms with Crippen LogP contribution in [0.2, 0.25) is 0 Å². The van der Waals surface area contributed by atoms with Crippen LogP contribution in [0.25, 0.3) is 0 Å². The Morgan fingerprint density at radius 2 is 1.26 bits per heavy atom. The molecule has 1 unspecified atom stereocenters. The number of piperidine rings is 1. The molecule has 2 fully saturated rings. The molecule has 4 heteroatoms. The molecule has 0 aromatic carbocycles. The first-order valence-electron chi connectivity index (χ1n) is 7.50. The van der Waals surface area contributed by atoms with Gasteiger partial charge in [-0.15, -0.1) is 0 Å². The second kappa shape index (κ2) is 9.70. The Kier molecular flexibility index (Phi) is 8.62. The van der Waals surface area contributed by atoms with Gasteiger partial charge in [0, 0.05) is 27.4 Å². The van der Waals surface area contributed by atoms with Crippen LogP contribution < -0.4 is 0 Å². The lowest BCUT2D eigenvalue weighted by molar-refractivity contribution is 0.109. The van der Waals surface area contributed by atoms with Crippen LogP contribution in [-0.2, 0) is 9.47 Å². The van der Waals surface area contributed by atoms with Crippen molar-refractivity contribution in [3.05, 3.63) is 0 Å². The van der Waals surface area contributed by atoms with Crippen LogP contribution in [0.5, 0.6) is 0 Å². The number of nitrogens with zero attached hydrogens (tertiary/aromatic N) is 2. The van der Waals surface area contributed by atoms with Crippen molar-refractivity contribution >= 4 is 0 Å². The Morgan fingerprint density at radius 1 is 0.789 bits per heavy atom. The molecule has 0 aromatic rings. The first kappa shape index (κ1) is 16.9. The van der Waals surface area contributed by atoms with Gasteiger partial charge in [0.05, 0.1) is 6.61 Å². The summed E-state index contributed by atoms with van der Waals surface area (Å²) in [5.41, 5.74) is 0. The third kappa shape index (κ3) is 7.25. The van der Waals surface area contributed by atoms with Crippen LogP contribution in [0.15, 0.2) is 0 Å². The molecule has 0 spiro atoms. The van der Waals surface area contributed by atoms with Crippen molar-refractivity contribution in [3.8, 4) is 0 Å². The minimum Gasteiger partial charge on any atom is -0.384 e. The molecule has 114 valence electrons. The molecule has 0 aromatic heterocycles. The van der Waals surface area contributed by atoms with E-state index >= 15 is 0 Å². The number of hydrogen-bond acceptors (Lipinski definition) is 4. The maximum Gasteiger partial charge on any atom is 0.0503 e. The zero-order valence-corrected chi connectivity index (χ0v) is 13.2. The fourth-order valence-electron chi connectivity index (χ4n) is 2.86. The van der Waals surface area contributed by atoms with E-state index in [9.17, 15) is 0 Å². The van der Waals surface area contributed by atoms with Gasteiger partial charge in [-0.3, -0.25) is 0 Å². The van der Waals surface area contributed by atoms with E-state index in [0.717, 1.165) is 25.0 Å². The fourth-order valence-corrected chi connectivity index (χ4v) is 2.86. The van der Waals surface area contributed by atoms with Crippen LogP contribution in [-0.4, -0.2) is 77.5 Å². The Labute approximate surface area is 119 Å². The third-order valence-corrected chi connectivity index (χ3v) is 4.13. The SMILES string of the molecule is COCC1CCN(C)C1.COCC1CCN(C)CC1. The smallest absolute Gasteiger partial charge is 0.0503 e. The van der Waals surface area contributed by atoms with Crippen molar-refractivity contribution in [2.24, 2.45) is 11.8 Å². The zero-order valence-electron chi connectivity index (χ0n) is 13.2. The lowest BCUT2D eigenvalue weighted by Crippen LogP contribution is -2.31. The average molecular weight is 272 g/mol. The molecule has 2 heterocycles. The van der Waals surface area contributed by atoms with E-state index in [1.54, 1.807) is 14.2 Å². The first-order valence-corrected chi connectivity index (χ1v) is 7.50. The molecule has 4 nitrogen and oxygen atoms in total. The normalized spacial score (nSPS) is 26.2. The highest BCUT2D eigenvalue weighted by atomic mass is 16.5. The van der Waals surface area contributed by atoms with Gasteiger partial charge in [0.1, 0.15) is 0 Å². The first-order chi connectivity index (χ1) is 9.15. The summed E-state index contributed by atoms with van der Waals surface area (Å²) < 4.78 is 10.1. The quantitative estimate of drug-likeness (QED) is 0.775. The highest BCUT2D eigenvalue weighted by molar-refractivity contribution is 4.71. The van der Waals surface area contributed by atoms with Gasteiger partial charge in [-0.2, -0.15) is 0 Å². The van der Waals surface area contributed by atoms with Gasteiger partial charge in [-0.1, -0.05) is 0 Å². The van der Waals surface area contributed by atoms with Crippen molar-refractivity contribution < 1.29 is 9.47 Å². The molecule has 0 bridgehead atoms. The van der Waals surface area contributed by atoms with Crippen LogP contribution >= 0.6 is 0 Å². The van der Waals surface area contributed by atoms with Crippen molar-refractivity contribution in [2.45, 2.75) is 19.3 Å². The van der Waals surface area contributed by atoms with E-state index in [1.807, 2.05) is 0 Å². The summed E-state index contributed by atoms with van der Waals surface area (Å²) in [4.78, 5) is 4.73. The summed E-state index contributed by atoms with van der Waals surface area (Å²) in [6, 6.07) is 0. The third-order valence-electron chi connectivity index (χ3n) is 4.13. The summed E-state index contributed by atoms with van der Waals surface area (Å²) in [5.74, 6) is 1.61. The molecule has 19 heavy (non-hydrogen) atoms. The van der Waals surface area contributed by atoms with Gasteiger partial charge < -0.3 is 19.3 Å². The monoisotopic (exact) mass is 272 g/mol. The summed E-state index contributed by atoms with van der Waals surface area (Å²) in [6.45, 7) is 6.84. The molecule has 0 aliphatic carbocycles. The molecular formula is C15H32N2O2. The predicted molar refractivity (Wildman–Crippen MR) is 79.6 cm³/mol. The largest absolute Gasteiger partial charge is 0.384 e. The number of rotatable bonds is 4. The van der Waals surface area contributed by atoms with E-state index in [1.165, 1.54) is 45.4 Å². The van der Waals surface area contributed by atoms with Crippen molar-refractivity contribution in [1.82, 2.24) is 9.80 Å². The van der Waals surface area contributed by atoms with E-state index < -0.39 is 0 Å². The van der Waals surface area contributed by atoms with Crippen molar-refractivity contribution in [2.75, 3.05) is 67.7 Å². The summed E-state index contributed by atoms with van der Waals surface area (Å²) in [5, 5.41) is 0. The maximum absolute atomic E-state index is 5.10. The zero-order chi connectivity index (χ0) is 14.1. The van der Waals surface area contributed by atoms with Crippen LogP contribution in [0, 0.1) is 11.8 Å². The second-order valence-corrected chi connectivity index (χ2v) is 6.07. The van der Waals surface area contributed by atoms with Crippen LogP contribution in [0.4, 0.5) is 0 Å². The van der Waals surface area contributed by atoms with Gasteiger partial charge in [0.2, 0.25) is 0 Å². The number of hydrogen-bond donors (Lipinski definition) is 0. The Morgan fingerprint density at radius 3 is 1.74 bits per heavy atom. The van der Waals surface area contributed by atoms with Gasteiger partial charge in [0.25, 0.3) is 0 Å². The Balaban J connectivity index is 0.000000191. The topological polar surface area (TPSA) is 24.9 Å². The van der Waals surface area contributed by atoms with Crippen molar-refractivity contribution in [1.29, 1.82) is 0 Å². The summed E-state index contributed by atoms with van der Waals surface area (Å²) in [7, 11) is 7.91. The fraction of sp³-hybridized carbons (Fsp3) is 1.00. The van der Waals surface area contributed by atoms with Gasteiger partial charge in [-0.05, 0) is 64.8 Å². The minimum atomic E-state index is 0.792. The van der Waals surface area contributed by atoms with Gasteiger partial charge >= 0.3 is 0 Å². The lowest BCUT2D eigenvalue weighted by Gasteiger charge is -2.28. The molecule has 2 saturated heterocycles. The summed E-state index contributed by atoms with van der Waals surface area (Å²) >= 11 is 0. The van der Waals surface area contributed by atoms with Gasteiger partial charge in [-0.25, -0.2) is 0 Å². The van der Waals surface area contributed by atoms with Crippen LogP contribution in [0.3, 0.4) is 0 Å². The molecular weight excluding hydrogens is 240 g/mol. The van der Waals surface area contributed by atoms with E-state index in [0.29, 0.717) is 0 Å². The highest BCUT2D eigenvalue weighted by Gasteiger charge is 2.18. The molecule has 2 aliphatic rings. The Bertz CT molecular complexity index is 216. The molecule has 2 rings (SSSR count). The van der Waals surface area contributed by atoms with E-state index in [-0.39, 0.29) is 0 Å². The highest BCUT2D eigenvalue weighted by Crippen LogP contribution is 2.15. The molecule has 1 atom stereocenters. The molecule has 0 radical (unpaired) electrons. The number of methoxy groups -OCH3 is 2. The van der Waals surface area contributed by atoms with E-state index in [4.69, 9.17) is 9.47 Å². The minimum absolute atomic E-state index is 0.792. The lowest BCUT2D eigenvalue weighted by atomic mass is 9.98. The van der Waals surface area contributed by atoms with E-state index in [2.05, 4.69) is 23.9 Å². The Hall–Kier alpha value is -0.160. The second-order valence-electron chi connectivity index (χ2n) is 6.07. The summed E-state index contributed by atoms with van der Waals surface area (Å²) in [6.07, 6.45) is 3.93. The molecule has 0 amide bonds. The maximum atomic E-state index is 5.10. The van der Waals surface area contributed by atoms with Gasteiger partial charge in [0.15, 0.2) is 0 Å². The molecule has 0 N–H and O–H groups in total.